The number of methoxy groups -OCH3 is 2. The number of nitrogens with one attached hydrogen (secondary N) is 1. The number of ether oxygens (including phenoxy) is 2. The standard InChI is InChI=1S/C25H34ClN3O6S/c1-7-17(2)27-25(31)18(3)28(15-19-8-11-21(34-4)12-9-19)24(30)16-29(36(6,32)33)22-14-20(26)10-13-23(22)35-5/h8-14,17-18H,7,15-16H2,1-6H3,(H,27,31)/t17-,18+/m0/s1. The van der Waals surface area contributed by atoms with Gasteiger partial charge in [0.15, 0.2) is 0 Å². The minimum absolute atomic E-state index is 0.0823. The van der Waals surface area contributed by atoms with Crippen molar-refractivity contribution in [1.82, 2.24) is 10.2 Å². The van der Waals surface area contributed by atoms with Gasteiger partial charge in [-0.1, -0.05) is 30.7 Å². The molecule has 0 saturated carbocycles. The van der Waals surface area contributed by atoms with E-state index in [1.165, 1.54) is 24.1 Å². The van der Waals surface area contributed by atoms with E-state index in [1.807, 2.05) is 13.8 Å². The summed E-state index contributed by atoms with van der Waals surface area (Å²) in [5.41, 5.74) is 0.875. The summed E-state index contributed by atoms with van der Waals surface area (Å²) in [7, 11) is -0.970. The third kappa shape index (κ3) is 7.76. The summed E-state index contributed by atoms with van der Waals surface area (Å²) in [6.45, 7) is 4.97. The van der Waals surface area contributed by atoms with Gasteiger partial charge in [0.05, 0.1) is 26.2 Å². The van der Waals surface area contributed by atoms with Crippen LogP contribution in [0.15, 0.2) is 42.5 Å². The molecule has 0 aromatic heterocycles. The number of halogens is 1. The maximum atomic E-state index is 13.6. The monoisotopic (exact) mass is 539 g/mol. The highest BCUT2D eigenvalue weighted by Gasteiger charge is 2.31. The first kappa shape index (κ1) is 29.3. The zero-order valence-corrected chi connectivity index (χ0v) is 23.0. The van der Waals surface area contributed by atoms with Crippen molar-refractivity contribution in [2.75, 3.05) is 31.3 Å². The molecule has 0 aliphatic rings. The first-order chi connectivity index (χ1) is 16.9. The molecule has 0 fully saturated rings. The second kappa shape index (κ2) is 12.8. The Kier molecular flexibility index (Phi) is 10.4. The van der Waals surface area contributed by atoms with Gasteiger partial charge in [0.2, 0.25) is 21.8 Å². The van der Waals surface area contributed by atoms with Crippen LogP contribution < -0.4 is 19.1 Å². The number of carbonyl (C=O) groups is 2. The van der Waals surface area contributed by atoms with Crippen molar-refractivity contribution in [2.24, 2.45) is 0 Å². The minimum Gasteiger partial charge on any atom is -0.497 e. The maximum absolute atomic E-state index is 13.6. The molecule has 2 atom stereocenters. The highest BCUT2D eigenvalue weighted by Crippen LogP contribution is 2.33. The molecule has 0 saturated heterocycles. The van der Waals surface area contributed by atoms with Gasteiger partial charge < -0.3 is 19.7 Å². The molecule has 198 valence electrons. The van der Waals surface area contributed by atoms with Gasteiger partial charge in [-0.15, -0.1) is 0 Å². The molecule has 2 rings (SSSR count). The third-order valence-electron chi connectivity index (χ3n) is 5.77. The lowest BCUT2D eigenvalue weighted by atomic mass is 10.1. The molecule has 2 amide bonds. The van der Waals surface area contributed by atoms with Crippen LogP contribution in [0.1, 0.15) is 32.8 Å². The van der Waals surface area contributed by atoms with Crippen LogP contribution in [0.3, 0.4) is 0 Å². The number of carbonyl (C=O) groups excluding carboxylic acids is 2. The fourth-order valence-corrected chi connectivity index (χ4v) is 4.44. The summed E-state index contributed by atoms with van der Waals surface area (Å²) in [6.07, 6.45) is 1.72. The molecular formula is C25H34ClN3O6S. The largest absolute Gasteiger partial charge is 0.497 e. The van der Waals surface area contributed by atoms with Crippen molar-refractivity contribution >= 4 is 39.1 Å². The van der Waals surface area contributed by atoms with Crippen LogP contribution in [0.25, 0.3) is 0 Å². The number of sulfonamides is 1. The number of benzene rings is 2. The second-order valence-electron chi connectivity index (χ2n) is 8.45. The predicted octanol–water partition coefficient (Wildman–Crippen LogP) is 3.46. The summed E-state index contributed by atoms with van der Waals surface area (Å²) in [5, 5.41) is 3.17. The molecule has 36 heavy (non-hydrogen) atoms. The van der Waals surface area contributed by atoms with Crippen molar-refractivity contribution in [3.8, 4) is 11.5 Å². The molecule has 11 heteroatoms. The van der Waals surface area contributed by atoms with E-state index >= 15 is 0 Å². The molecular weight excluding hydrogens is 506 g/mol. The molecule has 2 aromatic carbocycles. The molecule has 0 unspecified atom stereocenters. The van der Waals surface area contributed by atoms with Gasteiger partial charge in [-0.25, -0.2) is 8.42 Å². The van der Waals surface area contributed by atoms with E-state index < -0.39 is 28.5 Å². The Balaban J connectivity index is 2.45. The lowest BCUT2D eigenvalue weighted by Crippen LogP contribution is -2.52. The lowest BCUT2D eigenvalue weighted by Gasteiger charge is -2.32. The van der Waals surface area contributed by atoms with Gasteiger partial charge in [-0.05, 0) is 56.2 Å². The molecule has 9 nitrogen and oxygen atoms in total. The third-order valence-corrected chi connectivity index (χ3v) is 7.13. The normalized spacial score (nSPS) is 12.9. The van der Waals surface area contributed by atoms with E-state index in [0.29, 0.717) is 5.75 Å². The topological polar surface area (TPSA) is 105 Å². The zero-order chi connectivity index (χ0) is 27.0. The Morgan fingerprint density at radius 1 is 1.06 bits per heavy atom. The van der Waals surface area contributed by atoms with E-state index in [1.54, 1.807) is 44.4 Å². The highest BCUT2D eigenvalue weighted by molar-refractivity contribution is 7.92. The molecule has 0 aliphatic heterocycles. The summed E-state index contributed by atoms with van der Waals surface area (Å²) in [6, 6.07) is 10.6. The maximum Gasteiger partial charge on any atom is 0.244 e. The van der Waals surface area contributed by atoms with E-state index in [9.17, 15) is 18.0 Å². The Labute approximate surface area is 218 Å². The van der Waals surface area contributed by atoms with Gasteiger partial charge in [0.1, 0.15) is 24.1 Å². The first-order valence-electron chi connectivity index (χ1n) is 11.4. The predicted molar refractivity (Wildman–Crippen MR) is 141 cm³/mol. The van der Waals surface area contributed by atoms with Crippen molar-refractivity contribution in [2.45, 2.75) is 45.8 Å². The van der Waals surface area contributed by atoms with Gasteiger partial charge in [-0.3, -0.25) is 13.9 Å². The fourth-order valence-electron chi connectivity index (χ4n) is 3.43. The van der Waals surface area contributed by atoms with Crippen molar-refractivity contribution < 1.29 is 27.5 Å². The van der Waals surface area contributed by atoms with Crippen molar-refractivity contribution in [3.05, 3.63) is 53.1 Å². The smallest absolute Gasteiger partial charge is 0.244 e. The summed E-state index contributed by atoms with van der Waals surface area (Å²) in [5.74, 6) is -0.0140. The van der Waals surface area contributed by atoms with E-state index in [0.717, 1.165) is 22.5 Å². The number of hydrogen-bond acceptors (Lipinski definition) is 6. The zero-order valence-electron chi connectivity index (χ0n) is 21.4. The molecule has 2 aromatic rings. The Hall–Kier alpha value is -2.98. The SMILES string of the molecule is CC[C@H](C)NC(=O)[C@@H](C)N(Cc1ccc(OC)cc1)C(=O)CN(c1cc(Cl)ccc1OC)S(C)(=O)=O. The van der Waals surface area contributed by atoms with Crippen molar-refractivity contribution in [1.29, 1.82) is 0 Å². The number of amides is 2. The lowest BCUT2D eigenvalue weighted by molar-refractivity contribution is -0.139. The highest BCUT2D eigenvalue weighted by atomic mass is 35.5. The van der Waals surface area contributed by atoms with Gasteiger partial charge in [-0.2, -0.15) is 0 Å². The number of nitrogens with zero attached hydrogens (tertiary/aromatic N) is 2. The van der Waals surface area contributed by atoms with E-state index in [4.69, 9.17) is 21.1 Å². The molecule has 0 aliphatic carbocycles. The van der Waals surface area contributed by atoms with Gasteiger partial charge in [0, 0.05) is 17.6 Å². The summed E-state index contributed by atoms with van der Waals surface area (Å²) < 4.78 is 36.9. The van der Waals surface area contributed by atoms with Crippen LogP contribution >= 0.6 is 11.6 Å². The summed E-state index contributed by atoms with van der Waals surface area (Å²) >= 11 is 6.12. The Bertz CT molecular complexity index is 1160. The average Bonchev–Trinajstić information content (AvgIpc) is 2.84. The average molecular weight is 540 g/mol. The number of anilines is 1. The minimum atomic E-state index is -3.92. The van der Waals surface area contributed by atoms with E-state index in [-0.39, 0.29) is 35.0 Å². The van der Waals surface area contributed by atoms with E-state index in [2.05, 4.69) is 5.32 Å². The van der Waals surface area contributed by atoms with Crippen LogP contribution in [0.4, 0.5) is 5.69 Å². The second-order valence-corrected chi connectivity index (χ2v) is 10.8. The van der Waals surface area contributed by atoms with Gasteiger partial charge in [0.25, 0.3) is 0 Å². The van der Waals surface area contributed by atoms with Crippen LogP contribution in [0.5, 0.6) is 11.5 Å². The molecule has 1 N–H and O–H groups in total. The fraction of sp³-hybridized carbons (Fsp3) is 0.440. The quantitative estimate of drug-likeness (QED) is 0.443. The van der Waals surface area contributed by atoms with Crippen LogP contribution in [0.2, 0.25) is 5.02 Å². The van der Waals surface area contributed by atoms with Crippen molar-refractivity contribution in [3.63, 3.8) is 0 Å². The Morgan fingerprint density at radius 3 is 2.22 bits per heavy atom. The summed E-state index contributed by atoms with van der Waals surface area (Å²) in [4.78, 5) is 27.9. The molecule has 0 heterocycles. The first-order valence-corrected chi connectivity index (χ1v) is 13.7. The van der Waals surface area contributed by atoms with Crippen LogP contribution in [-0.4, -0.2) is 64.2 Å². The number of hydrogen-bond donors (Lipinski definition) is 1. The van der Waals surface area contributed by atoms with Gasteiger partial charge >= 0.3 is 0 Å². The van der Waals surface area contributed by atoms with Crippen LogP contribution in [0, 0.1) is 0 Å². The molecule has 0 bridgehead atoms. The number of rotatable bonds is 12. The molecule has 0 spiro atoms. The molecule has 0 radical (unpaired) electrons. The van der Waals surface area contributed by atoms with Crippen LogP contribution in [-0.2, 0) is 26.2 Å². The Morgan fingerprint density at radius 2 is 1.69 bits per heavy atom.